The second-order valence-electron chi connectivity index (χ2n) is 9.47. The molecule has 2 amide bonds. The Morgan fingerprint density at radius 1 is 1.00 bits per heavy atom. The van der Waals surface area contributed by atoms with Crippen LogP contribution in [0.2, 0.25) is 5.02 Å². The van der Waals surface area contributed by atoms with Gasteiger partial charge in [0.05, 0.1) is 5.92 Å². The number of anilines is 2. The van der Waals surface area contributed by atoms with Gasteiger partial charge in [-0.15, -0.1) is 0 Å². The van der Waals surface area contributed by atoms with E-state index in [1.165, 1.54) is 0 Å². The van der Waals surface area contributed by atoms with Crippen molar-refractivity contribution in [2.24, 2.45) is 5.92 Å². The van der Waals surface area contributed by atoms with Gasteiger partial charge < -0.3 is 19.2 Å². The molecule has 3 aromatic rings. The molecule has 1 saturated carbocycles. The van der Waals surface area contributed by atoms with E-state index in [1.807, 2.05) is 29.2 Å². The number of aromatic nitrogens is 2. The van der Waals surface area contributed by atoms with Crippen LogP contribution in [-0.4, -0.2) is 59.6 Å². The highest BCUT2D eigenvalue weighted by Crippen LogP contribution is 2.39. The van der Waals surface area contributed by atoms with Gasteiger partial charge in [-0.1, -0.05) is 22.8 Å². The average molecular weight is 492 g/mol. The molecule has 0 bridgehead atoms. The fourth-order valence-electron chi connectivity index (χ4n) is 4.88. The molecule has 180 valence electrons. The van der Waals surface area contributed by atoms with Crippen LogP contribution in [0.1, 0.15) is 31.1 Å². The molecule has 0 N–H and O–H groups in total. The summed E-state index contributed by atoms with van der Waals surface area (Å²) >= 11 is 6.08. The Bertz CT molecular complexity index is 1250. The number of rotatable bonds is 5. The van der Waals surface area contributed by atoms with Crippen molar-refractivity contribution in [3.05, 3.63) is 59.4 Å². The second kappa shape index (κ2) is 9.00. The van der Waals surface area contributed by atoms with Gasteiger partial charge >= 0.3 is 0 Å². The first-order valence-electron chi connectivity index (χ1n) is 12.1. The van der Waals surface area contributed by atoms with Crippen molar-refractivity contribution < 1.29 is 14.1 Å². The van der Waals surface area contributed by atoms with Gasteiger partial charge in [0.2, 0.25) is 23.5 Å². The Morgan fingerprint density at radius 2 is 1.77 bits per heavy atom. The Kier molecular flexibility index (Phi) is 5.68. The number of halogens is 1. The lowest BCUT2D eigenvalue weighted by Gasteiger charge is -2.37. The first kappa shape index (κ1) is 22.1. The first-order valence-corrected chi connectivity index (χ1v) is 12.5. The highest BCUT2D eigenvalue weighted by molar-refractivity contribution is 6.31. The minimum atomic E-state index is -0.317. The minimum Gasteiger partial charge on any atom is -0.368 e. The van der Waals surface area contributed by atoms with Gasteiger partial charge in [0.15, 0.2) is 0 Å². The zero-order chi connectivity index (χ0) is 23.9. The van der Waals surface area contributed by atoms with E-state index in [2.05, 4.69) is 27.2 Å². The van der Waals surface area contributed by atoms with E-state index < -0.39 is 0 Å². The molecule has 1 atom stereocenters. The topological polar surface area (TPSA) is 82.8 Å². The van der Waals surface area contributed by atoms with Crippen LogP contribution in [0.4, 0.5) is 11.4 Å². The smallest absolute Gasteiger partial charge is 0.230 e. The van der Waals surface area contributed by atoms with E-state index in [1.54, 1.807) is 17.0 Å². The second-order valence-corrected chi connectivity index (χ2v) is 9.91. The summed E-state index contributed by atoms with van der Waals surface area (Å²) in [5.41, 5.74) is 2.79. The van der Waals surface area contributed by atoms with Gasteiger partial charge in [-0.25, -0.2) is 0 Å². The zero-order valence-electron chi connectivity index (χ0n) is 19.3. The molecule has 8 nitrogen and oxygen atoms in total. The van der Waals surface area contributed by atoms with Gasteiger partial charge in [-0.05, 0) is 55.3 Å². The number of amides is 2. The number of carbonyl (C=O) groups is 2. The lowest BCUT2D eigenvalue weighted by molar-refractivity contribution is -0.136. The highest BCUT2D eigenvalue weighted by Gasteiger charge is 2.38. The van der Waals surface area contributed by atoms with Crippen LogP contribution >= 0.6 is 11.6 Å². The largest absolute Gasteiger partial charge is 0.368 e. The molecule has 9 heteroatoms. The van der Waals surface area contributed by atoms with Crippen LogP contribution in [0.3, 0.4) is 0 Å². The third kappa shape index (κ3) is 4.50. The molecule has 0 spiro atoms. The molecule has 1 unspecified atom stereocenters. The van der Waals surface area contributed by atoms with Crippen molar-refractivity contribution in [2.75, 3.05) is 42.5 Å². The van der Waals surface area contributed by atoms with Crippen LogP contribution in [0, 0.1) is 5.92 Å². The van der Waals surface area contributed by atoms with Crippen molar-refractivity contribution in [1.82, 2.24) is 15.0 Å². The lowest BCUT2D eigenvalue weighted by atomic mass is 10.1. The Balaban J connectivity index is 1.05. The molecule has 1 aliphatic carbocycles. The number of carbonyl (C=O) groups excluding carboxylic acids is 2. The van der Waals surface area contributed by atoms with Crippen LogP contribution in [0.25, 0.3) is 11.4 Å². The highest BCUT2D eigenvalue weighted by atomic mass is 35.5. The molecule has 3 fully saturated rings. The Hall–Kier alpha value is -3.39. The molecule has 35 heavy (non-hydrogen) atoms. The monoisotopic (exact) mass is 491 g/mol. The number of benzene rings is 2. The molecule has 1 aromatic heterocycles. The molecule has 0 radical (unpaired) electrons. The molecule has 2 saturated heterocycles. The summed E-state index contributed by atoms with van der Waals surface area (Å²) in [5, 5.41) is 4.69. The summed E-state index contributed by atoms with van der Waals surface area (Å²) < 4.78 is 5.37. The molecule has 3 heterocycles. The minimum absolute atomic E-state index is 0.0322. The van der Waals surface area contributed by atoms with Gasteiger partial charge in [-0.2, -0.15) is 4.98 Å². The predicted octanol–water partition coefficient (Wildman–Crippen LogP) is 3.97. The number of hydrogen-bond acceptors (Lipinski definition) is 6. The maximum atomic E-state index is 13.2. The van der Waals surface area contributed by atoms with Gasteiger partial charge in [0.1, 0.15) is 0 Å². The summed E-state index contributed by atoms with van der Waals surface area (Å²) in [7, 11) is 0. The van der Waals surface area contributed by atoms with Crippen LogP contribution in [-0.2, 0) is 9.59 Å². The average Bonchev–Trinajstić information content (AvgIpc) is 3.48. The van der Waals surface area contributed by atoms with E-state index in [0.29, 0.717) is 36.4 Å². The summed E-state index contributed by atoms with van der Waals surface area (Å²) in [6.45, 7) is 3.17. The number of nitrogens with zero attached hydrogens (tertiary/aromatic N) is 5. The number of piperazine rings is 1. The van der Waals surface area contributed by atoms with Crippen molar-refractivity contribution in [1.29, 1.82) is 0 Å². The van der Waals surface area contributed by atoms with Crippen molar-refractivity contribution in [3.8, 4) is 11.4 Å². The summed E-state index contributed by atoms with van der Waals surface area (Å²) in [5.74, 6) is 1.52. The third-order valence-electron chi connectivity index (χ3n) is 7.04. The van der Waals surface area contributed by atoms with Crippen LogP contribution < -0.4 is 9.80 Å². The molecule has 2 aliphatic heterocycles. The lowest BCUT2D eigenvalue weighted by Crippen LogP contribution is -2.50. The standard InChI is InChI=1S/C26H26ClN5O3/c27-20-2-1-3-22(15-20)32-16-19(14-23(32)33)26(34)31-12-10-30(11-13-31)21-8-6-17(7-9-21)24-28-25(35-29-24)18-4-5-18/h1-3,6-9,15,18-19H,4-5,10-14,16H2. The van der Waals surface area contributed by atoms with E-state index in [9.17, 15) is 9.59 Å². The van der Waals surface area contributed by atoms with E-state index in [4.69, 9.17) is 16.1 Å². The first-order chi connectivity index (χ1) is 17.0. The SMILES string of the molecule is O=C(C1CC(=O)N(c2cccc(Cl)c2)C1)N1CCN(c2ccc(-c3noc(C4CC4)n3)cc2)CC1. The van der Waals surface area contributed by atoms with E-state index >= 15 is 0 Å². The molecular formula is C26H26ClN5O3. The van der Waals surface area contributed by atoms with Crippen LogP contribution in [0.5, 0.6) is 0 Å². The predicted molar refractivity (Wildman–Crippen MR) is 132 cm³/mol. The fourth-order valence-corrected chi connectivity index (χ4v) is 5.06. The van der Waals surface area contributed by atoms with Crippen LogP contribution in [0.15, 0.2) is 53.1 Å². The third-order valence-corrected chi connectivity index (χ3v) is 7.28. The van der Waals surface area contributed by atoms with Crippen molar-refractivity contribution in [2.45, 2.75) is 25.2 Å². The quantitative estimate of drug-likeness (QED) is 0.537. The normalized spacial score (nSPS) is 20.5. The number of hydrogen-bond donors (Lipinski definition) is 0. The Morgan fingerprint density at radius 3 is 2.49 bits per heavy atom. The summed E-state index contributed by atoms with van der Waals surface area (Å²) in [6.07, 6.45) is 2.50. The van der Waals surface area contributed by atoms with Crippen molar-refractivity contribution in [3.63, 3.8) is 0 Å². The summed E-state index contributed by atoms with van der Waals surface area (Å²) in [6, 6.07) is 15.4. The summed E-state index contributed by atoms with van der Waals surface area (Å²) in [4.78, 5) is 36.1. The van der Waals surface area contributed by atoms with Gasteiger partial charge in [-0.3, -0.25) is 9.59 Å². The molecular weight excluding hydrogens is 466 g/mol. The molecule has 6 rings (SSSR count). The van der Waals surface area contributed by atoms with E-state index in [0.717, 1.165) is 48.8 Å². The maximum absolute atomic E-state index is 13.2. The molecule has 3 aliphatic rings. The zero-order valence-corrected chi connectivity index (χ0v) is 20.0. The van der Waals surface area contributed by atoms with Crippen molar-refractivity contribution >= 4 is 34.8 Å². The fraction of sp³-hybridized carbons (Fsp3) is 0.385. The van der Waals surface area contributed by atoms with Gasteiger partial charge in [0, 0.05) is 67.0 Å². The maximum Gasteiger partial charge on any atom is 0.230 e. The molecule has 2 aromatic carbocycles. The van der Waals surface area contributed by atoms with E-state index in [-0.39, 0.29) is 24.2 Å². The van der Waals surface area contributed by atoms with Gasteiger partial charge in [0.25, 0.3) is 0 Å². The Labute approximate surface area is 208 Å².